The Bertz CT molecular complexity index is 1100. The number of fused-ring (bicyclic) bond motifs is 1. The lowest BCUT2D eigenvalue weighted by Gasteiger charge is -2.09. The topological polar surface area (TPSA) is 128 Å². The quantitative estimate of drug-likeness (QED) is 0.314. The summed E-state index contributed by atoms with van der Waals surface area (Å²) >= 11 is 0. The lowest BCUT2D eigenvalue weighted by molar-refractivity contribution is -0.384. The number of nitrogens with zero attached hydrogens (tertiary/aromatic N) is 2. The number of nitro groups is 1. The first-order chi connectivity index (χ1) is 12.4. The first kappa shape index (κ1) is 17.4. The van der Waals surface area contributed by atoms with Crippen molar-refractivity contribution in [3.8, 4) is 0 Å². The Balaban J connectivity index is 1.89. The second-order valence-electron chi connectivity index (χ2n) is 5.35. The Hall–Kier alpha value is -3.46. The summed E-state index contributed by atoms with van der Waals surface area (Å²) in [5.41, 5.74) is 6.15. The summed E-state index contributed by atoms with van der Waals surface area (Å²) in [4.78, 5) is 9.84. The number of hydrogen-bond acceptors (Lipinski definition) is 4. The third-order valence-corrected chi connectivity index (χ3v) is 4.92. The van der Waals surface area contributed by atoms with E-state index in [1.54, 1.807) is 6.07 Å². The third-order valence-electron chi connectivity index (χ3n) is 3.62. The zero-order valence-electron chi connectivity index (χ0n) is 13.4. The fourth-order valence-corrected chi connectivity index (χ4v) is 3.31. The van der Waals surface area contributed by atoms with Crippen molar-refractivity contribution in [3.63, 3.8) is 0 Å². The van der Waals surface area contributed by atoms with Gasteiger partial charge in [0.25, 0.3) is 15.7 Å². The molecule has 0 heterocycles. The molecule has 0 aromatic heterocycles. The van der Waals surface area contributed by atoms with Crippen LogP contribution in [-0.2, 0) is 10.0 Å². The Morgan fingerprint density at radius 3 is 2.35 bits per heavy atom. The monoisotopic (exact) mass is 370 g/mol. The van der Waals surface area contributed by atoms with Gasteiger partial charge in [-0.15, -0.1) is 4.40 Å². The molecule has 3 aromatic carbocycles. The average molecular weight is 370 g/mol. The molecule has 3 rings (SSSR count). The van der Waals surface area contributed by atoms with Crippen LogP contribution in [0.3, 0.4) is 0 Å². The molecular formula is C17H14N4O4S. The van der Waals surface area contributed by atoms with Gasteiger partial charge in [-0.3, -0.25) is 10.1 Å². The Morgan fingerprint density at radius 2 is 1.65 bits per heavy atom. The van der Waals surface area contributed by atoms with Gasteiger partial charge in [0, 0.05) is 23.2 Å². The van der Waals surface area contributed by atoms with Crippen LogP contribution in [-0.4, -0.2) is 19.3 Å². The summed E-state index contributed by atoms with van der Waals surface area (Å²) in [6, 6.07) is 17.4. The highest BCUT2D eigenvalue weighted by Gasteiger charge is 2.16. The maximum absolute atomic E-state index is 12.3. The van der Waals surface area contributed by atoms with E-state index in [1.807, 2.05) is 36.4 Å². The van der Waals surface area contributed by atoms with Crippen LogP contribution in [0.4, 0.5) is 11.4 Å². The van der Waals surface area contributed by atoms with Crippen LogP contribution in [0, 0.1) is 10.1 Å². The molecule has 0 aliphatic carbocycles. The Labute approximate surface area is 149 Å². The third kappa shape index (κ3) is 3.62. The van der Waals surface area contributed by atoms with Crippen LogP contribution in [0.5, 0.6) is 0 Å². The number of guanidine groups is 1. The van der Waals surface area contributed by atoms with Crippen molar-refractivity contribution in [3.05, 3.63) is 76.8 Å². The standard InChI is InChI=1S/C17H14N4O4S/c18-17(19-16-7-3-5-12-4-1-2-6-15(12)16)20-26(24,25)14-10-8-13(9-11-14)21(22)23/h1-11H,(H3,18,19,20). The van der Waals surface area contributed by atoms with Crippen LogP contribution in [0.15, 0.2) is 76.0 Å². The molecular weight excluding hydrogens is 356 g/mol. The summed E-state index contributed by atoms with van der Waals surface area (Å²) in [7, 11) is -4.10. The molecule has 0 unspecified atom stereocenters. The highest BCUT2D eigenvalue weighted by Crippen LogP contribution is 2.23. The maximum Gasteiger partial charge on any atom is 0.285 e. The zero-order chi connectivity index (χ0) is 18.7. The fraction of sp³-hybridized carbons (Fsp3) is 0. The van der Waals surface area contributed by atoms with E-state index in [0.717, 1.165) is 35.0 Å². The number of nitrogens with two attached hydrogens (primary N) is 1. The molecule has 0 spiro atoms. The molecule has 0 fully saturated rings. The number of sulfonamides is 1. The SMILES string of the molecule is NC(=NS(=O)(=O)c1ccc([N+](=O)[O-])cc1)Nc1cccc2ccccc12. The molecule has 0 radical (unpaired) electrons. The molecule has 0 amide bonds. The van der Waals surface area contributed by atoms with Crippen LogP contribution < -0.4 is 11.1 Å². The van der Waals surface area contributed by atoms with Crippen molar-refractivity contribution in [1.82, 2.24) is 0 Å². The van der Waals surface area contributed by atoms with Gasteiger partial charge in [0.15, 0.2) is 0 Å². The summed E-state index contributed by atoms with van der Waals surface area (Å²) in [6.07, 6.45) is 0. The molecule has 0 atom stereocenters. The van der Waals surface area contributed by atoms with Crippen molar-refractivity contribution in [2.45, 2.75) is 4.90 Å². The summed E-state index contributed by atoms with van der Waals surface area (Å²) in [6.45, 7) is 0. The molecule has 8 nitrogen and oxygen atoms in total. The number of non-ortho nitro benzene ring substituents is 1. The average Bonchev–Trinajstić information content (AvgIpc) is 2.61. The molecule has 0 bridgehead atoms. The molecule has 9 heteroatoms. The van der Waals surface area contributed by atoms with Crippen molar-refractivity contribution in [1.29, 1.82) is 0 Å². The largest absolute Gasteiger partial charge is 0.369 e. The fourth-order valence-electron chi connectivity index (χ4n) is 2.42. The Morgan fingerprint density at radius 1 is 1.00 bits per heavy atom. The summed E-state index contributed by atoms with van der Waals surface area (Å²) in [5, 5.41) is 15.3. The van der Waals surface area contributed by atoms with Crippen LogP contribution >= 0.6 is 0 Å². The minimum absolute atomic E-state index is 0.189. The zero-order valence-corrected chi connectivity index (χ0v) is 14.2. The van der Waals surface area contributed by atoms with Gasteiger partial charge < -0.3 is 11.1 Å². The number of nitro benzene ring substituents is 1. The molecule has 0 aliphatic heterocycles. The molecule has 3 N–H and O–H groups in total. The lowest BCUT2D eigenvalue weighted by atomic mass is 10.1. The number of rotatable bonds is 4. The van der Waals surface area contributed by atoms with E-state index in [-0.39, 0.29) is 16.5 Å². The molecule has 3 aromatic rings. The van der Waals surface area contributed by atoms with Gasteiger partial charge in [0.05, 0.1) is 9.82 Å². The van der Waals surface area contributed by atoms with Gasteiger partial charge in [0.2, 0.25) is 5.96 Å². The second-order valence-corrected chi connectivity index (χ2v) is 6.96. The van der Waals surface area contributed by atoms with E-state index in [9.17, 15) is 18.5 Å². The van der Waals surface area contributed by atoms with E-state index in [4.69, 9.17) is 5.73 Å². The van der Waals surface area contributed by atoms with Gasteiger partial charge in [-0.05, 0) is 23.6 Å². The predicted molar refractivity (Wildman–Crippen MR) is 99.5 cm³/mol. The lowest BCUT2D eigenvalue weighted by Crippen LogP contribution is -2.24. The van der Waals surface area contributed by atoms with Crippen molar-refractivity contribution in [2.24, 2.45) is 10.1 Å². The van der Waals surface area contributed by atoms with E-state index in [0.29, 0.717) is 5.69 Å². The van der Waals surface area contributed by atoms with E-state index in [1.165, 1.54) is 0 Å². The van der Waals surface area contributed by atoms with Crippen molar-refractivity contribution >= 4 is 38.1 Å². The molecule has 26 heavy (non-hydrogen) atoms. The van der Waals surface area contributed by atoms with Gasteiger partial charge in [-0.1, -0.05) is 36.4 Å². The van der Waals surface area contributed by atoms with Gasteiger partial charge in [-0.2, -0.15) is 8.42 Å². The first-order valence-corrected chi connectivity index (χ1v) is 8.90. The normalized spacial score (nSPS) is 12.1. The van der Waals surface area contributed by atoms with E-state index < -0.39 is 14.9 Å². The first-order valence-electron chi connectivity index (χ1n) is 7.46. The molecule has 0 saturated heterocycles. The number of anilines is 1. The van der Waals surface area contributed by atoms with Gasteiger partial charge in [-0.25, -0.2) is 0 Å². The minimum atomic E-state index is -4.10. The van der Waals surface area contributed by atoms with Crippen LogP contribution in [0.1, 0.15) is 0 Å². The van der Waals surface area contributed by atoms with E-state index >= 15 is 0 Å². The van der Waals surface area contributed by atoms with Gasteiger partial charge >= 0.3 is 0 Å². The minimum Gasteiger partial charge on any atom is -0.369 e. The van der Waals surface area contributed by atoms with Crippen molar-refractivity contribution in [2.75, 3.05) is 5.32 Å². The van der Waals surface area contributed by atoms with Crippen LogP contribution in [0.25, 0.3) is 10.8 Å². The molecule has 0 aliphatic rings. The van der Waals surface area contributed by atoms with Gasteiger partial charge in [0.1, 0.15) is 0 Å². The number of hydrogen-bond donors (Lipinski definition) is 2. The smallest absolute Gasteiger partial charge is 0.285 e. The summed E-state index contributed by atoms with van der Waals surface area (Å²) < 4.78 is 28.1. The number of nitrogens with one attached hydrogen (secondary N) is 1. The Kier molecular flexibility index (Phi) is 4.55. The second kappa shape index (κ2) is 6.81. The van der Waals surface area contributed by atoms with Crippen molar-refractivity contribution < 1.29 is 13.3 Å². The maximum atomic E-state index is 12.3. The summed E-state index contributed by atoms with van der Waals surface area (Å²) in [5.74, 6) is -0.306. The predicted octanol–water partition coefficient (Wildman–Crippen LogP) is 2.86. The highest BCUT2D eigenvalue weighted by molar-refractivity contribution is 7.90. The molecule has 0 saturated carbocycles. The number of benzene rings is 3. The highest BCUT2D eigenvalue weighted by atomic mass is 32.2. The van der Waals surface area contributed by atoms with E-state index in [2.05, 4.69) is 9.71 Å². The van der Waals surface area contributed by atoms with Crippen LogP contribution in [0.2, 0.25) is 0 Å². The molecule has 132 valence electrons.